The van der Waals surface area contributed by atoms with Crippen LogP contribution in [0.3, 0.4) is 0 Å². The van der Waals surface area contributed by atoms with Gasteiger partial charge < -0.3 is 41.5 Å². The van der Waals surface area contributed by atoms with Crippen LogP contribution < -0.4 is 21.7 Å². The third-order valence-electron chi connectivity index (χ3n) is 7.74. The number of aromatic nitrogens is 3. The molecule has 11 nitrogen and oxygen atoms in total. The van der Waals surface area contributed by atoms with Crippen molar-refractivity contribution < 1.29 is 14.4 Å². The second-order valence-electron chi connectivity index (χ2n) is 10.7. The van der Waals surface area contributed by atoms with Crippen molar-refractivity contribution in [3.63, 3.8) is 0 Å². The lowest BCUT2D eigenvalue weighted by molar-refractivity contribution is 0.0943. The predicted octanol–water partition coefficient (Wildman–Crippen LogP) is 5.29. The second-order valence-corrected chi connectivity index (χ2v) is 10.7. The molecule has 0 aliphatic carbocycles. The Hall–Kier alpha value is -5.55. The molecule has 6 rings (SSSR count). The Balaban J connectivity index is 1.11. The van der Waals surface area contributed by atoms with E-state index in [9.17, 15) is 14.4 Å². The van der Waals surface area contributed by atoms with Gasteiger partial charge in [0.15, 0.2) is 0 Å². The molecule has 3 amide bonds. The molecular formula is C33H34N8O3. The first-order valence-corrected chi connectivity index (χ1v) is 14.6. The molecule has 0 saturated heterocycles. The zero-order valence-corrected chi connectivity index (χ0v) is 24.5. The molecule has 3 aromatic carbocycles. The zero-order chi connectivity index (χ0) is 30.8. The Labute approximate surface area is 253 Å². The first-order chi connectivity index (χ1) is 21.3. The number of benzene rings is 3. The fourth-order valence-corrected chi connectivity index (χ4v) is 5.30. The molecule has 44 heavy (non-hydrogen) atoms. The molecule has 0 saturated carbocycles. The first-order valence-electron chi connectivity index (χ1n) is 14.6. The van der Waals surface area contributed by atoms with Crippen LogP contribution in [0.5, 0.6) is 0 Å². The quantitative estimate of drug-likeness (QED) is 0.108. The normalized spacial score (nSPS) is 11.4. The first kappa shape index (κ1) is 28.6. The zero-order valence-electron chi connectivity index (χ0n) is 24.5. The van der Waals surface area contributed by atoms with E-state index < -0.39 is 0 Å². The number of carbonyl (C=O) groups is 3. The van der Waals surface area contributed by atoms with E-state index in [-0.39, 0.29) is 17.7 Å². The Bertz CT molecular complexity index is 2010. The van der Waals surface area contributed by atoms with Crippen molar-refractivity contribution in [1.29, 1.82) is 0 Å². The van der Waals surface area contributed by atoms with E-state index in [2.05, 4.69) is 49.6 Å². The fourth-order valence-electron chi connectivity index (χ4n) is 5.30. The lowest BCUT2D eigenvalue weighted by atomic mass is 10.2. The van der Waals surface area contributed by atoms with Crippen LogP contribution in [-0.4, -0.2) is 63.8 Å². The van der Waals surface area contributed by atoms with Crippen LogP contribution in [-0.2, 0) is 0 Å². The van der Waals surface area contributed by atoms with Gasteiger partial charge in [0, 0.05) is 62.9 Å². The van der Waals surface area contributed by atoms with Gasteiger partial charge in [0.25, 0.3) is 17.7 Å². The molecule has 3 aromatic heterocycles. The Morgan fingerprint density at radius 3 is 1.59 bits per heavy atom. The molecule has 0 spiro atoms. The average Bonchev–Trinajstić information content (AvgIpc) is 3.75. The van der Waals surface area contributed by atoms with Crippen LogP contribution in [0.25, 0.3) is 32.7 Å². The van der Waals surface area contributed by atoms with E-state index in [0.717, 1.165) is 52.3 Å². The van der Waals surface area contributed by atoms with Crippen molar-refractivity contribution in [3.05, 3.63) is 89.9 Å². The molecule has 0 unspecified atom stereocenters. The number of amides is 3. The second kappa shape index (κ2) is 12.0. The van der Waals surface area contributed by atoms with Crippen LogP contribution in [0, 0.1) is 0 Å². The standard InChI is InChI=1S/C33H34N8O3/c1-3-41(4-2)12-11-35-31(42)28-17-20-14-23(6-9-26(20)38-28)37-33(44)30-18-21-15-24(7-10-27(21)40-30)36-32(43)29-16-19-13-22(34)5-8-25(19)39-29/h5-10,13-18,38-40H,3-4,11-12,34H2,1-2H3,(H,35,42)(H,36,43)(H,37,44). The number of nitrogens with one attached hydrogen (secondary N) is 6. The summed E-state index contributed by atoms with van der Waals surface area (Å²) in [6, 6.07) is 21.5. The van der Waals surface area contributed by atoms with Crippen LogP contribution in [0.1, 0.15) is 45.3 Å². The van der Waals surface area contributed by atoms with E-state index in [1.54, 1.807) is 36.4 Å². The van der Waals surface area contributed by atoms with E-state index in [1.807, 2.05) is 36.4 Å². The Morgan fingerprint density at radius 2 is 1.09 bits per heavy atom. The average molecular weight is 591 g/mol. The van der Waals surface area contributed by atoms with Crippen molar-refractivity contribution >= 4 is 67.5 Å². The van der Waals surface area contributed by atoms with Crippen molar-refractivity contribution in [2.24, 2.45) is 0 Å². The number of aromatic amines is 3. The SMILES string of the molecule is CCN(CC)CCNC(=O)c1cc2cc(NC(=O)c3cc4cc(NC(=O)c5cc6cc(N)ccc6[nH]5)ccc4[nH]3)ccc2[nH]1. The van der Waals surface area contributed by atoms with Gasteiger partial charge in [0.2, 0.25) is 0 Å². The highest BCUT2D eigenvalue weighted by atomic mass is 16.2. The summed E-state index contributed by atoms with van der Waals surface area (Å²) in [6.07, 6.45) is 0. The van der Waals surface area contributed by atoms with Gasteiger partial charge in [-0.05, 0) is 85.9 Å². The third-order valence-corrected chi connectivity index (χ3v) is 7.74. The number of carbonyl (C=O) groups excluding carboxylic acids is 3. The van der Waals surface area contributed by atoms with Crippen LogP contribution in [0.2, 0.25) is 0 Å². The lowest BCUT2D eigenvalue weighted by Gasteiger charge is -2.17. The number of anilines is 3. The molecule has 11 heteroatoms. The van der Waals surface area contributed by atoms with E-state index >= 15 is 0 Å². The van der Waals surface area contributed by atoms with Gasteiger partial charge in [-0.3, -0.25) is 14.4 Å². The minimum absolute atomic E-state index is 0.168. The molecule has 3 heterocycles. The molecule has 8 N–H and O–H groups in total. The highest BCUT2D eigenvalue weighted by Gasteiger charge is 2.15. The summed E-state index contributed by atoms with van der Waals surface area (Å²) in [6.45, 7) is 7.43. The molecule has 224 valence electrons. The number of hydrogen-bond donors (Lipinski definition) is 7. The number of hydrogen-bond acceptors (Lipinski definition) is 5. The number of nitrogens with zero attached hydrogens (tertiary/aromatic N) is 1. The summed E-state index contributed by atoms with van der Waals surface area (Å²) in [4.78, 5) is 50.3. The van der Waals surface area contributed by atoms with Gasteiger partial charge in [-0.25, -0.2) is 0 Å². The number of nitrogen functional groups attached to an aromatic ring is 1. The molecule has 0 bridgehead atoms. The van der Waals surface area contributed by atoms with E-state index in [0.29, 0.717) is 40.7 Å². The minimum atomic E-state index is -0.312. The number of nitrogens with two attached hydrogens (primary N) is 1. The van der Waals surface area contributed by atoms with Crippen molar-refractivity contribution in [2.75, 3.05) is 42.5 Å². The number of fused-ring (bicyclic) bond motifs is 3. The summed E-state index contributed by atoms with van der Waals surface area (Å²) in [5, 5.41) is 11.2. The van der Waals surface area contributed by atoms with Gasteiger partial charge in [-0.2, -0.15) is 0 Å². The van der Waals surface area contributed by atoms with Crippen LogP contribution in [0.4, 0.5) is 17.1 Å². The minimum Gasteiger partial charge on any atom is -0.399 e. The molecular weight excluding hydrogens is 556 g/mol. The van der Waals surface area contributed by atoms with Gasteiger partial charge >= 0.3 is 0 Å². The fraction of sp³-hybridized carbons (Fsp3) is 0.182. The maximum Gasteiger partial charge on any atom is 0.272 e. The summed E-state index contributed by atoms with van der Waals surface area (Å²) in [7, 11) is 0. The highest BCUT2D eigenvalue weighted by molar-refractivity contribution is 6.09. The summed E-state index contributed by atoms with van der Waals surface area (Å²) >= 11 is 0. The Kier molecular flexibility index (Phi) is 7.78. The molecule has 0 radical (unpaired) electrons. The Morgan fingerprint density at radius 1 is 0.636 bits per heavy atom. The third kappa shape index (κ3) is 5.99. The van der Waals surface area contributed by atoms with Crippen molar-refractivity contribution in [1.82, 2.24) is 25.2 Å². The lowest BCUT2D eigenvalue weighted by Crippen LogP contribution is -2.34. The van der Waals surface area contributed by atoms with Crippen molar-refractivity contribution in [2.45, 2.75) is 13.8 Å². The summed E-state index contributed by atoms with van der Waals surface area (Å²) < 4.78 is 0. The molecule has 0 atom stereocenters. The molecule has 6 aromatic rings. The molecule has 0 aliphatic rings. The number of rotatable bonds is 10. The van der Waals surface area contributed by atoms with Crippen molar-refractivity contribution in [3.8, 4) is 0 Å². The molecule has 0 aliphatic heterocycles. The van der Waals surface area contributed by atoms with Crippen LogP contribution >= 0.6 is 0 Å². The monoisotopic (exact) mass is 590 g/mol. The summed E-state index contributed by atoms with van der Waals surface area (Å²) in [5.74, 6) is -0.763. The van der Waals surface area contributed by atoms with E-state index in [1.165, 1.54) is 0 Å². The smallest absolute Gasteiger partial charge is 0.272 e. The number of likely N-dealkylation sites (N-methyl/N-ethyl adjacent to an activating group) is 1. The maximum atomic E-state index is 13.1. The maximum absolute atomic E-state index is 13.1. The van der Waals surface area contributed by atoms with Gasteiger partial charge in [0.1, 0.15) is 17.1 Å². The molecule has 0 fully saturated rings. The van der Waals surface area contributed by atoms with Gasteiger partial charge in [-0.1, -0.05) is 13.8 Å². The van der Waals surface area contributed by atoms with Gasteiger partial charge in [-0.15, -0.1) is 0 Å². The largest absolute Gasteiger partial charge is 0.399 e. The number of H-pyrrole nitrogens is 3. The van der Waals surface area contributed by atoms with E-state index in [4.69, 9.17) is 5.73 Å². The van der Waals surface area contributed by atoms with Crippen LogP contribution in [0.15, 0.2) is 72.8 Å². The predicted molar refractivity (Wildman–Crippen MR) is 175 cm³/mol. The summed E-state index contributed by atoms with van der Waals surface area (Å²) in [5.41, 5.74) is 11.3. The topological polar surface area (TPSA) is 164 Å². The highest BCUT2D eigenvalue weighted by Crippen LogP contribution is 2.24. The van der Waals surface area contributed by atoms with Gasteiger partial charge in [0.05, 0.1) is 0 Å².